The third kappa shape index (κ3) is 1.85. The number of rotatable bonds is 3. The van der Waals surface area contributed by atoms with Crippen molar-refractivity contribution in [3.63, 3.8) is 0 Å². The molecule has 0 aliphatic heterocycles. The number of carbonyl (C=O) groups excluding carboxylic acids is 1. The van der Waals surface area contributed by atoms with Crippen molar-refractivity contribution in [2.75, 3.05) is 0 Å². The molecule has 0 fully saturated rings. The maximum atomic E-state index is 12.3. The lowest BCUT2D eigenvalue weighted by molar-refractivity contribution is 0.111. The Balaban J connectivity index is 3.34. The molecule has 0 amide bonds. The molecule has 76 valence electrons. The van der Waals surface area contributed by atoms with Gasteiger partial charge in [0.15, 0.2) is 6.29 Å². The average molecular weight is 202 g/mol. The van der Waals surface area contributed by atoms with E-state index in [1.165, 1.54) is 0 Å². The van der Waals surface area contributed by atoms with Crippen LogP contribution in [0.25, 0.3) is 0 Å². The highest BCUT2D eigenvalue weighted by Crippen LogP contribution is 2.30. The van der Waals surface area contributed by atoms with Crippen LogP contribution in [-0.2, 0) is 6.54 Å². The van der Waals surface area contributed by atoms with Gasteiger partial charge in [0.2, 0.25) is 0 Å². The number of nitrogens with two attached hydrogens (primary N) is 1. The second-order valence-corrected chi connectivity index (χ2v) is 2.55. The molecule has 14 heavy (non-hydrogen) atoms. The Morgan fingerprint density at radius 1 is 1.64 bits per heavy atom. The molecular weight excluding hydrogens is 194 g/mol. The van der Waals surface area contributed by atoms with Crippen LogP contribution in [0.2, 0.25) is 0 Å². The lowest BCUT2D eigenvalue weighted by Crippen LogP contribution is -2.05. The number of aldehydes is 1. The molecule has 1 rings (SSSR count). The molecule has 0 unspecified atom stereocenters. The largest absolute Gasteiger partial charge is 0.505 e. The average Bonchev–Trinajstić information content (AvgIpc) is 2.17. The number of hydrogen-bond acceptors (Lipinski definition) is 4. The minimum atomic E-state index is -2.86. The van der Waals surface area contributed by atoms with Gasteiger partial charge < -0.3 is 10.8 Å². The van der Waals surface area contributed by atoms with Gasteiger partial charge in [-0.3, -0.25) is 4.79 Å². The molecule has 0 aliphatic carbocycles. The summed E-state index contributed by atoms with van der Waals surface area (Å²) >= 11 is 0. The van der Waals surface area contributed by atoms with Crippen LogP contribution in [0.5, 0.6) is 5.75 Å². The molecule has 0 aromatic carbocycles. The first-order valence-electron chi connectivity index (χ1n) is 3.76. The van der Waals surface area contributed by atoms with Gasteiger partial charge in [0.25, 0.3) is 6.43 Å². The number of carbonyl (C=O) groups is 1. The summed E-state index contributed by atoms with van der Waals surface area (Å²) < 4.78 is 24.6. The van der Waals surface area contributed by atoms with E-state index >= 15 is 0 Å². The summed E-state index contributed by atoms with van der Waals surface area (Å²) in [7, 11) is 0. The molecule has 0 saturated carbocycles. The summed E-state index contributed by atoms with van der Waals surface area (Å²) in [4.78, 5) is 13.9. The van der Waals surface area contributed by atoms with Crippen molar-refractivity contribution in [2.24, 2.45) is 5.73 Å². The molecule has 0 radical (unpaired) electrons. The zero-order valence-corrected chi connectivity index (χ0v) is 7.08. The van der Waals surface area contributed by atoms with E-state index < -0.39 is 17.7 Å². The Bertz CT molecular complexity index is 355. The monoisotopic (exact) mass is 202 g/mol. The third-order valence-electron chi connectivity index (χ3n) is 1.66. The zero-order chi connectivity index (χ0) is 10.7. The number of nitrogens with zero attached hydrogens (tertiary/aromatic N) is 1. The van der Waals surface area contributed by atoms with Crippen molar-refractivity contribution >= 4 is 6.29 Å². The van der Waals surface area contributed by atoms with Crippen molar-refractivity contribution in [3.05, 3.63) is 23.0 Å². The number of hydrogen-bond donors (Lipinski definition) is 2. The van der Waals surface area contributed by atoms with Crippen LogP contribution in [0.4, 0.5) is 8.78 Å². The van der Waals surface area contributed by atoms with E-state index in [1.807, 2.05) is 0 Å². The van der Waals surface area contributed by atoms with Crippen LogP contribution < -0.4 is 5.73 Å². The summed E-state index contributed by atoms with van der Waals surface area (Å²) in [6, 6.07) is 0.839. The minimum Gasteiger partial charge on any atom is -0.505 e. The van der Waals surface area contributed by atoms with E-state index in [-0.39, 0.29) is 17.9 Å². The van der Waals surface area contributed by atoms with E-state index in [4.69, 9.17) is 5.73 Å². The highest BCUT2D eigenvalue weighted by atomic mass is 19.3. The van der Waals surface area contributed by atoms with Crippen molar-refractivity contribution in [1.29, 1.82) is 0 Å². The molecule has 1 heterocycles. The van der Waals surface area contributed by atoms with Gasteiger partial charge >= 0.3 is 0 Å². The van der Waals surface area contributed by atoms with Crippen molar-refractivity contribution in [1.82, 2.24) is 4.98 Å². The van der Waals surface area contributed by atoms with E-state index in [2.05, 4.69) is 4.98 Å². The number of alkyl halides is 2. The molecule has 0 aliphatic rings. The Kier molecular flexibility index (Phi) is 3.08. The number of pyridine rings is 1. The van der Waals surface area contributed by atoms with Gasteiger partial charge in [-0.1, -0.05) is 0 Å². The predicted molar refractivity (Wildman–Crippen MR) is 44.1 cm³/mol. The highest BCUT2D eigenvalue weighted by molar-refractivity contribution is 5.72. The molecule has 0 spiro atoms. The fourth-order valence-corrected chi connectivity index (χ4v) is 1.00. The van der Waals surface area contributed by atoms with Gasteiger partial charge in [-0.25, -0.2) is 13.8 Å². The first-order valence-corrected chi connectivity index (χ1v) is 3.76. The molecule has 1 aromatic rings. The van der Waals surface area contributed by atoms with Crippen LogP contribution >= 0.6 is 0 Å². The summed E-state index contributed by atoms with van der Waals surface area (Å²) in [6.07, 6.45) is -2.54. The van der Waals surface area contributed by atoms with Gasteiger partial charge in [0.05, 0.1) is 11.3 Å². The first kappa shape index (κ1) is 10.5. The molecule has 6 heteroatoms. The fourth-order valence-electron chi connectivity index (χ4n) is 1.00. The topological polar surface area (TPSA) is 76.2 Å². The molecule has 3 N–H and O–H groups in total. The molecule has 0 bridgehead atoms. The van der Waals surface area contributed by atoms with Crippen molar-refractivity contribution in [3.8, 4) is 5.75 Å². The predicted octanol–water partition coefficient (Wildman–Crippen LogP) is 0.996. The van der Waals surface area contributed by atoms with E-state index in [0.717, 1.165) is 6.07 Å². The molecule has 4 nitrogen and oxygen atoms in total. The maximum Gasteiger partial charge on any atom is 0.267 e. The smallest absolute Gasteiger partial charge is 0.267 e. The Labute approximate surface area is 78.4 Å². The van der Waals surface area contributed by atoms with Gasteiger partial charge in [-0.15, -0.1) is 0 Å². The fraction of sp³-hybridized carbons (Fsp3) is 0.250. The number of aromatic nitrogens is 1. The Morgan fingerprint density at radius 2 is 2.29 bits per heavy atom. The summed E-state index contributed by atoms with van der Waals surface area (Å²) in [5, 5.41) is 9.24. The Hall–Kier alpha value is -1.56. The highest BCUT2D eigenvalue weighted by Gasteiger charge is 2.17. The third-order valence-corrected chi connectivity index (χ3v) is 1.66. The summed E-state index contributed by atoms with van der Waals surface area (Å²) in [5.41, 5.74) is 4.26. The minimum absolute atomic E-state index is 0.107. The van der Waals surface area contributed by atoms with Gasteiger partial charge in [0.1, 0.15) is 11.4 Å². The molecule has 1 aromatic heterocycles. The van der Waals surface area contributed by atoms with Crippen molar-refractivity contribution < 1.29 is 18.7 Å². The molecule has 0 saturated heterocycles. The van der Waals surface area contributed by atoms with E-state index in [0.29, 0.717) is 6.29 Å². The standard InChI is InChI=1S/C8H8F2N2O2/c9-8(10)5-1-4(3-13)12-6(2-11)7(5)14/h1,3,8,14H,2,11H2. The van der Waals surface area contributed by atoms with Crippen LogP contribution in [0.3, 0.4) is 0 Å². The SMILES string of the molecule is NCc1nc(C=O)cc(C(F)F)c1O. The molecular formula is C8H8F2N2O2. The van der Waals surface area contributed by atoms with Gasteiger partial charge in [-0.05, 0) is 6.07 Å². The van der Waals surface area contributed by atoms with Crippen LogP contribution in [0.1, 0.15) is 28.2 Å². The van der Waals surface area contributed by atoms with Crippen LogP contribution in [0.15, 0.2) is 6.07 Å². The zero-order valence-electron chi connectivity index (χ0n) is 7.08. The summed E-state index contributed by atoms with van der Waals surface area (Å²) in [5.74, 6) is -0.645. The first-order chi connectivity index (χ1) is 6.60. The Morgan fingerprint density at radius 3 is 2.71 bits per heavy atom. The van der Waals surface area contributed by atoms with Crippen LogP contribution in [-0.4, -0.2) is 16.4 Å². The maximum absolute atomic E-state index is 12.3. The second-order valence-electron chi connectivity index (χ2n) is 2.55. The van der Waals surface area contributed by atoms with Gasteiger partial charge in [0, 0.05) is 6.54 Å². The number of aromatic hydroxyl groups is 1. The lowest BCUT2D eigenvalue weighted by Gasteiger charge is -2.07. The quantitative estimate of drug-likeness (QED) is 0.717. The molecule has 0 atom stereocenters. The van der Waals surface area contributed by atoms with E-state index in [9.17, 15) is 18.7 Å². The summed E-state index contributed by atoms with van der Waals surface area (Å²) in [6.45, 7) is -0.201. The number of halogens is 2. The second kappa shape index (κ2) is 4.10. The van der Waals surface area contributed by atoms with Crippen LogP contribution in [0, 0.1) is 0 Å². The lowest BCUT2D eigenvalue weighted by atomic mass is 10.1. The van der Waals surface area contributed by atoms with Gasteiger partial charge in [-0.2, -0.15) is 0 Å². The normalized spacial score (nSPS) is 10.6. The van der Waals surface area contributed by atoms with Crippen molar-refractivity contribution in [2.45, 2.75) is 13.0 Å². The van der Waals surface area contributed by atoms with E-state index in [1.54, 1.807) is 0 Å².